The van der Waals surface area contributed by atoms with Crippen molar-refractivity contribution in [2.24, 2.45) is 7.05 Å². The van der Waals surface area contributed by atoms with Crippen LogP contribution in [0.4, 0.5) is 4.39 Å². The Hall–Kier alpha value is -2.19. The van der Waals surface area contributed by atoms with Crippen LogP contribution in [-0.2, 0) is 29.5 Å². The Kier molecular flexibility index (Phi) is 4.45. The summed E-state index contributed by atoms with van der Waals surface area (Å²) >= 11 is 0. The molecule has 1 aromatic heterocycles. The molecule has 0 atom stereocenters. The number of hydrogen-bond donors (Lipinski definition) is 1. The first-order chi connectivity index (χ1) is 11.0. The van der Waals surface area contributed by atoms with E-state index < -0.39 is 18.9 Å². The molecule has 8 heteroatoms. The van der Waals surface area contributed by atoms with Crippen molar-refractivity contribution in [2.75, 3.05) is 6.61 Å². The number of fused-ring (bicyclic) bond motifs is 1. The average Bonchev–Trinajstić information content (AvgIpc) is 3.09. The van der Waals surface area contributed by atoms with Crippen molar-refractivity contribution in [1.29, 1.82) is 0 Å². The summed E-state index contributed by atoms with van der Waals surface area (Å²) in [4.78, 5) is 12.0. The van der Waals surface area contributed by atoms with Crippen LogP contribution in [0, 0.1) is 5.82 Å². The molecule has 6 nitrogen and oxygen atoms in total. The van der Waals surface area contributed by atoms with Gasteiger partial charge in [0.25, 0.3) is 0 Å². The molecule has 0 amide bonds. The molecule has 23 heavy (non-hydrogen) atoms. The average molecular weight is 318 g/mol. The number of halogens is 1. The lowest BCUT2D eigenvalue weighted by Crippen LogP contribution is -2.29. The van der Waals surface area contributed by atoms with Crippen molar-refractivity contribution in [2.45, 2.75) is 19.4 Å². The van der Waals surface area contributed by atoms with Crippen molar-refractivity contribution in [3.05, 3.63) is 47.0 Å². The predicted molar refractivity (Wildman–Crippen MR) is 80.6 cm³/mol. The van der Waals surface area contributed by atoms with E-state index in [0.717, 1.165) is 12.0 Å². The quantitative estimate of drug-likeness (QED) is 0.496. The molecule has 0 saturated heterocycles. The smallest absolute Gasteiger partial charge is 0.462 e. The van der Waals surface area contributed by atoms with Crippen molar-refractivity contribution in [3.63, 3.8) is 0 Å². The molecule has 0 fully saturated rings. The molecule has 0 spiro atoms. The van der Waals surface area contributed by atoms with Crippen molar-refractivity contribution >= 4 is 18.6 Å². The minimum atomic E-state index is -1.12. The van der Waals surface area contributed by atoms with Crippen molar-refractivity contribution in [3.8, 4) is 0 Å². The zero-order chi connectivity index (χ0) is 16.4. The van der Waals surface area contributed by atoms with Crippen LogP contribution < -0.4 is 5.46 Å². The molecule has 1 N–H and O–H groups in total. The van der Waals surface area contributed by atoms with Gasteiger partial charge in [-0.05, 0) is 41.6 Å². The second-order valence-electron chi connectivity index (χ2n) is 5.46. The Balaban J connectivity index is 1.57. The number of hydrogen-bond acceptors (Lipinski definition) is 5. The summed E-state index contributed by atoms with van der Waals surface area (Å²) in [5.41, 5.74) is 1.82. The van der Waals surface area contributed by atoms with E-state index in [1.165, 1.54) is 12.1 Å². The van der Waals surface area contributed by atoms with Crippen LogP contribution in [0.2, 0.25) is 0 Å². The maximum absolute atomic E-state index is 14.0. The third-order valence-electron chi connectivity index (χ3n) is 3.71. The van der Waals surface area contributed by atoms with Crippen molar-refractivity contribution in [1.82, 2.24) is 9.78 Å². The van der Waals surface area contributed by atoms with E-state index in [1.807, 2.05) is 13.2 Å². The van der Waals surface area contributed by atoms with Crippen LogP contribution in [-0.4, -0.2) is 34.5 Å². The maximum atomic E-state index is 14.0. The number of carbonyl (C=O) groups excluding carboxylic acids is 1. The molecule has 120 valence electrons. The van der Waals surface area contributed by atoms with Crippen molar-refractivity contribution < 1.29 is 23.6 Å². The van der Waals surface area contributed by atoms with Crippen LogP contribution in [0.1, 0.15) is 27.9 Å². The topological polar surface area (TPSA) is 73.6 Å². The predicted octanol–water partition coefficient (Wildman–Crippen LogP) is 0.567. The van der Waals surface area contributed by atoms with Crippen LogP contribution in [0.3, 0.4) is 0 Å². The van der Waals surface area contributed by atoms with Gasteiger partial charge in [-0.25, -0.2) is 9.18 Å². The van der Waals surface area contributed by atoms with Gasteiger partial charge in [-0.3, -0.25) is 4.68 Å². The van der Waals surface area contributed by atoms with Crippen LogP contribution >= 0.6 is 0 Å². The molecule has 1 aliphatic heterocycles. The van der Waals surface area contributed by atoms with Gasteiger partial charge in [-0.1, -0.05) is 0 Å². The lowest BCUT2D eigenvalue weighted by molar-refractivity contribution is 0.0495. The molecule has 0 bridgehead atoms. The SMILES string of the molecule is Cn1cc(CCCOC(=O)c2cc3c(cc2F)COB3O)cn1. The van der Waals surface area contributed by atoms with Gasteiger partial charge in [0.05, 0.1) is 25.0 Å². The number of ether oxygens (including phenoxy) is 1. The lowest BCUT2D eigenvalue weighted by atomic mass is 9.78. The summed E-state index contributed by atoms with van der Waals surface area (Å²) in [5.74, 6) is -1.41. The highest BCUT2D eigenvalue weighted by atomic mass is 19.1. The Morgan fingerprint density at radius 1 is 1.57 bits per heavy atom. The number of nitrogens with zero attached hydrogens (tertiary/aromatic N) is 2. The fourth-order valence-corrected chi connectivity index (χ4v) is 2.52. The highest BCUT2D eigenvalue weighted by Gasteiger charge is 2.30. The Bertz CT molecular complexity index is 734. The Morgan fingerprint density at radius 2 is 2.39 bits per heavy atom. The normalized spacial score (nSPS) is 13.3. The summed E-state index contributed by atoms with van der Waals surface area (Å²) in [7, 11) is 0.709. The van der Waals surface area contributed by atoms with Gasteiger partial charge in [0.2, 0.25) is 0 Å². The highest BCUT2D eigenvalue weighted by molar-refractivity contribution is 6.61. The van der Waals surface area contributed by atoms with E-state index in [2.05, 4.69) is 5.10 Å². The third-order valence-corrected chi connectivity index (χ3v) is 3.71. The fourth-order valence-electron chi connectivity index (χ4n) is 2.52. The first kappa shape index (κ1) is 15.7. The van der Waals surface area contributed by atoms with E-state index in [1.54, 1.807) is 10.9 Å². The number of benzene rings is 1. The summed E-state index contributed by atoms with van der Waals surface area (Å²) in [5, 5.41) is 13.7. The molecule has 0 radical (unpaired) electrons. The molecule has 0 aliphatic carbocycles. The zero-order valence-electron chi connectivity index (χ0n) is 12.7. The zero-order valence-corrected chi connectivity index (χ0v) is 12.7. The van der Waals surface area contributed by atoms with E-state index in [4.69, 9.17) is 9.39 Å². The largest absolute Gasteiger partial charge is 0.491 e. The van der Waals surface area contributed by atoms with E-state index in [-0.39, 0.29) is 18.8 Å². The summed E-state index contributed by atoms with van der Waals surface area (Å²) in [6.45, 7) is 0.317. The van der Waals surface area contributed by atoms with Gasteiger partial charge in [-0.15, -0.1) is 0 Å². The first-order valence-electron chi connectivity index (χ1n) is 7.31. The number of carbonyl (C=O) groups is 1. The molecule has 2 aromatic rings. The van der Waals surface area contributed by atoms with Crippen LogP contribution in [0.25, 0.3) is 0 Å². The molecule has 0 saturated carbocycles. The second-order valence-corrected chi connectivity index (χ2v) is 5.46. The molecular formula is C15H16BFN2O4. The second kappa shape index (κ2) is 6.51. The Labute approximate surface area is 133 Å². The van der Waals surface area contributed by atoms with Crippen LogP contribution in [0.15, 0.2) is 24.5 Å². The number of aromatic nitrogens is 2. The number of aryl methyl sites for hydroxylation is 2. The fraction of sp³-hybridized carbons (Fsp3) is 0.333. The monoisotopic (exact) mass is 318 g/mol. The van der Waals surface area contributed by atoms with E-state index in [0.29, 0.717) is 17.4 Å². The minimum absolute atomic E-state index is 0.133. The molecule has 3 rings (SSSR count). The lowest BCUT2D eigenvalue weighted by Gasteiger charge is -2.07. The summed E-state index contributed by atoms with van der Waals surface area (Å²) < 4.78 is 25.7. The minimum Gasteiger partial charge on any atom is -0.462 e. The molecule has 1 aromatic carbocycles. The molecule has 1 aliphatic rings. The maximum Gasteiger partial charge on any atom is 0.491 e. The Morgan fingerprint density at radius 3 is 3.13 bits per heavy atom. The van der Waals surface area contributed by atoms with Gasteiger partial charge < -0.3 is 14.4 Å². The summed E-state index contributed by atoms with van der Waals surface area (Å²) in [6, 6.07) is 2.50. The molecular weight excluding hydrogens is 302 g/mol. The standard InChI is InChI=1S/C15H16BFN2O4/c1-19-8-10(7-18-19)3-2-4-22-15(20)12-6-13-11(5-14(12)17)9-23-16(13)21/h5-8,21H,2-4,9H2,1H3. The first-order valence-corrected chi connectivity index (χ1v) is 7.31. The van der Waals surface area contributed by atoms with E-state index in [9.17, 15) is 14.2 Å². The van der Waals surface area contributed by atoms with Crippen LogP contribution in [0.5, 0.6) is 0 Å². The number of esters is 1. The van der Waals surface area contributed by atoms with Gasteiger partial charge in [0.15, 0.2) is 0 Å². The summed E-state index contributed by atoms with van der Waals surface area (Å²) in [6.07, 6.45) is 4.99. The van der Waals surface area contributed by atoms with E-state index >= 15 is 0 Å². The third kappa shape index (κ3) is 3.43. The molecule has 2 heterocycles. The van der Waals surface area contributed by atoms with Gasteiger partial charge in [0, 0.05) is 13.2 Å². The number of rotatable bonds is 5. The highest BCUT2D eigenvalue weighted by Crippen LogP contribution is 2.16. The van der Waals surface area contributed by atoms with Gasteiger partial charge >= 0.3 is 13.1 Å². The molecule has 0 unspecified atom stereocenters. The van der Waals surface area contributed by atoms with Gasteiger partial charge in [0.1, 0.15) is 5.82 Å². The van der Waals surface area contributed by atoms with Gasteiger partial charge in [-0.2, -0.15) is 5.10 Å².